The highest BCUT2D eigenvalue weighted by atomic mass is 16.1. The van der Waals surface area contributed by atoms with Gasteiger partial charge in [-0.1, -0.05) is 24.6 Å². The van der Waals surface area contributed by atoms with Crippen molar-refractivity contribution in [2.45, 2.75) is 26.8 Å². The first-order chi connectivity index (χ1) is 11.8. The maximum absolute atomic E-state index is 11.6. The molecule has 0 aliphatic rings. The Hall–Kier alpha value is -3.16. The largest absolute Gasteiger partial charge is 0.369 e. The van der Waals surface area contributed by atoms with E-state index in [0.717, 1.165) is 11.3 Å². The lowest BCUT2D eigenvalue weighted by Crippen LogP contribution is -2.34. The van der Waals surface area contributed by atoms with Crippen LogP contribution < -0.4 is 22.1 Å². The summed E-state index contributed by atoms with van der Waals surface area (Å²) in [4.78, 5) is 31.3. The summed E-state index contributed by atoms with van der Waals surface area (Å²) in [5.74, 6) is -0.862. The first-order valence-electron chi connectivity index (χ1n) is 7.84. The van der Waals surface area contributed by atoms with E-state index in [4.69, 9.17) is 11.5 Å². The van der Waals surface area contributed by atoms with E-state index in [9.17, 15) is 9.59 Å². The summed E-state index contributed by atoms with van der Waals surface area (Å²) in [5, 5.41) is 6.10. The maximum atomic E-state index is 11.6. The van der Waals surface area contributed by atoms with Gasteiger partial charge in [-0.25, -0.2) is 9.97 Å². The fraction of sp³-hybridized carbons (Fsp3) is 0.294. The predicted molar refractivity (Wildman–Crippen MR) is 96.5 cm³/mol. The van der Waals surface area contributed by atoms with Gasteiger partial charge in [-0.15, -0.1) is 0 Å². The first kappa shape index (κ1) is 18.2. The number of nitrogens with zero attached hydrogens (tertiary/aromatic N) is 2. The number of nitrogens with one attached hydrogen (secondary N) is 2. The second kappa shape index (κ2) is 7.61. The van der Waals surface area contributed by atoms with Gasteiger partial charge in [0.05, 0.1) is 12.1 Å². The molecule has 0 saturated carbocycles. The van der Waals surface area contributed by atoms with E-state index in [1.807, 2.05) is 38.1 Å². The number of aromatic nitrogens is 2. The van der Waals surface area contributed by atoms with Gasteiger partial charge in [-0.3, -0.25) is 9.59 Å². The number of aryl methyl sites for hydroxylation is 1. The number of primary amides is 2. The zero-order valence-corrected chi connectivity index (χ0v) is 14.4. The summed E-state index contributed by atoms with van der Waals surface area (Å²) in [6, 6.07) is 7.33. The van der Waals surface area contributed by atoms with Crippen molar-refractivity contribution in [1.29, 1.82) is 0 Å². The summed E-state index contributed by atoms with van der Waals surface area (Å²) in [5.41, 5.74) is 12.6. The molecule has 6 N–H and O–H groups in total. The third kappa shape index (κ3) is 4.66. The SMILES string of the molecule is Cc1ccc(Nc2nc(NC(C)C(C)C(N)=O)cnc2C(N)=O)cc1. The molecule has 2 unspecified atom stereocenters. The number of benzene rings is 1. The monoisotopic (exact) mass is 342 g/mol. The molecule has 132 valence electrons. The van der Waals surface area contributed by atoms with Crippen molar-refractivity contribution in [3.63, 3.8) is 0 Å². The highest BCUT2D eigenvalue weighted by molar-refractivity contribution is 5.96. The second-order valence-electron chi connectivity index (χ2n) is 5.93. The molecule has 0 aliphatic carbocycles. The minimum atomic E-state index is -0.688. The van der Waals surface area contributed by atoms with Crippen molar-refractivity contribution < 1.29 is 9.59 Å². The molecule has 0 spiro atoms. The highest BCUT2D eigenvalue weighted by Crippen LogP contribution is 2.20. The molecule has 0 fully saturated rings. The molecule has 2 aromatic rings. The number of hydrogen-bond acceptors (Lipinski definition) is 6. The maximum Gasteiger partial charge on any atom is 0.271 e. The quantitative estimate of drug-likeness (QED) is 0.602. The Morgan fingerprint density at radius 1 is 1.12 bits per heavy atom. The third-order valence-corrected chi connectivity index (χ3v) is 3.89. The normalized spacial score (nSPS) is 12.9. The average Bonchev–Trinajstić information content (AvgIpc) is 2.56. The lowest BCUT2D eigenvalue weighted by molar-refractivity contribution is -0.121. The van der Waals surface area contributed by atoms with Crippen molar-refractivity contribution in [3.8, 4) is 0 Å². The summed E-state index contributed by atoms with van der Waals surface area (Å²) in [6.45, 7) is 5.51. The predicted octanol–water partition coefficient (Wildman–Crippen LogP) is 1.55. The molecule has 25 heavy (non-hydrogen) atoms. The zero-order valence-electron chi connectivity index (χ0n) is 14.4. The van der Waals surface area contributed by atoms with Gasteiger partial charge in [0.2, 0.25) is 5.91 Å². The molecule has 8 nitrogen and oxygen atoms in total. The van der Waals surface area contributed by atoms with Crippen LogP contribution in [0.4, 0.5) is 17.3 Å². The molecular formula is C17H22N6O2. The van der Waals surface area contributed by atoms with Gasteiger partial charge in [-0.05, 0) is 26.0 Å². The molecule has 1 heterocycles. The van der Waals surface area contributed by atoms with Crippen LogP contribution in [-0.2, 0) is 4.79 Å². The van der Waals surface area contributed by atoms with Gasteiger partial charge in [0.25, 0.3) is 5.91 Å². The highest BCUT2D eigenvalue weighted by Gasteiger charge is 2.19. The molecular weight excluding hydrogens is 320 g/mol. The number of amides is 2. The molecule has 2 rings (SSSR count). The number of hydrogen-bond donors (Lipinski definition) is 4. The van der Waals surface area contributed by atoms with E-state index < -0.39 is 17.7 Å². The van der Waals surface area contributed by atoms with Crippen LogP contribution in [0.5, 0.6) is 0 Å². The van der Waals surface area contributed by atoms with E-state index in [1.165, 1.54) is 6.20 Å². The van der Waals surface area contributed by atoms with Crippen molar-refractivity contribution in [3.05, 3.63) is 41.7 Å². The molecule has 2 atom stereocenters. The molecule has 0 radical (unpaired) electrons. The Bertz CT molecular complexity index is 775. The molecule has 2 amide bonds. The second-order valence-corrected chi connectivity index (χ2v) is 5.93. The third-order valence-electron chi connectivity index (χ3n) is 3.89. The Labute approximate surface area is 146 Å². The molecule has 0 bridgehead atoms. The van der Waals surface area contributed by atoms with Crippen LogP contribution >= 0.6 is 0 Å². The topological polar surface area (TPSA) is 136 Å². The van der Waals surface area contributed by atoms with E-state index in [2.05, 4.69) is 20.6 Å². The lowest BCUT2D eigenvalue weighted by atomic mass is 10.0. The molecule has 1 aromatic heterocycles. The smallest absolute Gasteiger partial charge is 0.271 e. The standard InChI is InChI=1S/C17H22N6O2/c1-9-4-6-12(7-5-9)22-17-14(16(19)25)20-8-13(23-17)21-11(3)10(2)15(18)24/h4-8,10-11H,1-3H3,(H2,18,24)(H2,19,25)(H2,21,22,23). The summed E-state index contributed by atoms with van der Waals surface area (Å²) in [7, 11) is 0. The zero-order chi connectivity index (χ0) is 18.6. The fourth-order valence-corrected chi connectivity index (χ4v) is 2.10. The Kier molecular flexibility index (Phi) is 5.53. The summed E-state index contributed by atoms with van der Waals surface area (Å²) in [6.07, 6.45) is 1.39. The van der Waals surface area contributed by atoms with Crippen LogP contribution in [0.15, 0.2) is 30.5 Å². The number of carbonyl (C=O) groups is 2. The number of anilines is 3. The lowest BCUT2D eigenvalue weighted by Gasteiger charge is -2.19. The minimum absolute atomic E-state index is 0.0294. The van der Waals surface area contributed by atoms with Crippen LogP contribution in [0.25, 0.3) is 0 Å². The van der Waals surface area contributed by atoms with Crippen LogP contribution in [0.2, 0.25) is 0 Å². The Balaban J connectivity index is 2.28. The average molecular weight is 342 g/mol. The molecule has 0 saturated heterocycles. The van der Waals surface area contributed by atoms with Gasteiger partial charge in [0, 0.05) is 11.7 Å². The van der Waals surface area contributed by atoms with Crippen molar-refractivity contribution in [1.82, 2.24) is 9.97 Å². The van der Waals surface area contributed by atoms with Gasteiger partial charge < -0.3 is 22.1 Å². The van der Waals surface area contributed by atoms with Crippen LogP contribution in [0.1, 0.15) is 29.9 Å². The fourth-order valence-electron chi connectivity index (χ4n) is 2.10. The Morgan fingerprint density at radius 3 is 2.32 bits per heavy atom. The van der Waals surface area contributed by atoms with Crippen LogP contribution in [0.3, 0.4) is 0 Å². The number of carbonyl (C=O) groups excluding carboxylic acids is 2. The first-order valence-corrected chi connectivity index (χ1v) is 7.84. The van der Waals surface area contributed by atoms with Crippen molar-refractivity contribution in [2.75, 3.05) is 10.6 Å². The van der Waals surface area contributed by atoms with Crippen molar-refractivity contribution in [2.24, 2.45) is 17.4 Å². The van der Waals surface area contributed by atoms with E-state index in [1.54, 1.807) is 6.92 Å². The van der Waals surface area contributed by atoms with Crippen LogP contribution in [-0.4, -0.2) is 27.8 Å². The van der Waals surface area contributed by atoms with E-state index >= 15 is 0 Å². The molecule has 1 aromatic carbocycles. The number of rotatable bonds is 7. The molecule has 0 aliphatic heterocycles. The Morgan fingerprint density at radius 2 is 1.76 bits per heavy atom. The number of nitrogens with two attached hydrogens (primary N) is 2. The van der Waals surface area contributed by atoms with Gasteiger partial charge >= 0.3 is 0 Å². The van der Waals surface area contributed by atoms with E-state index in [0.29, 0.717) is 5.82 Å². The van der Waals surface area contributed by atoms with Gasteiger partial charge in [-0.2, -0.15) is 0 Å². The minimum Gasteiger partial charge on any atom is -0.369 e. The molecule has 8 heteroatoms. The summed E-state index contributed by atoms with van der Waals surface area (Å²) < 4.78 is 0. The van der Waals surface area contributed by atoms with Gasteiger partial charge in [0.1, 0.15) is 5.82 Å². The van der Waals surface area contributed by atoms with Gasteiger partial charge in [0.15, 0.2) is 11.5 Å². The van der Waals surface area contributed by atoms with Crippen LogP contribution in [0, 0.1) is 12.8 Å². The van der Waals surface area contributed by atoms with Crippen molar-refractivity contribution >= 4 is 29.1 Å². The summed E-state index contributed by atoms with van der Waals surface area (Å²) >= 11 is 0. The van der Waals surface area contributed by atoms with E-state index in [-0.39, 0.29) is 17.6 Å².